The Kier molecular flexibility index (Phi) is 3.91. The fraction of sp³-hybridized carbons (Fsp3) is 0.188. The summed E-state index contributed by atoms with van der Waals surface area (Å²) in [7, 11) is 0. The third kappa shape index (κ3) is 3.25. The molecule has 0 fully saturated rings. The molecule has 21 heavy (non-hydrogen) atoms. The van der Waals surface area contributed by atoms with E-state index in [1.165, 1.54) is 5.56 Å². The van der Waals surface area contributed by atoms with Crippen LogP contribution >= 0.6 is 0 Å². The van der Waals surface area contributed by atoms with Crippen molar-refractivity contribution < 1.29 is 9.26 Å². The lowest BCUT2D eigenvalue weighted by atomic mass is 10.2. The maximum Gasteiger partial charge on any atom is 0.264 e. The predicted molar refractivity (Wildman–Crippen MR) is 77.7 cm³/mol. The molecule has 0 aliphatic heterocycles. The van der Waals surface area contributed by atoms with Gasteiger partial charge in [0.1, 0.15) is 11.4 Å². The second kappa shape index (κ2) is 6.17. The van der Waals surface area contributed by atoms with Gasteiger partial charge in [0, 0.05) is 6.20 Å². The summed E-state index contributed by atoms with van der Waals surface area (Å²) in [6, 6.07) is 13.5. The molecule has 0 amide bonds. The van der Waals surface area contributed by atoms with Crippen LogP contribution < -0.4 is 4.74 Å². The number of benzene rings is 1. The van der Waals surface area contributed by atoms with E-state index in [4.69, 9.17) is 9.26 Å². The minimum atomic E-state index is 0.241. The van der Waals surface area contributed by atoms with Crippen LogP contribution in [0.4, 0.5) is 0 Å². The van der Waals surface area contributed by atoms with E-state index in [1.807, 2.05) is 42.5 Å². The molecule has 106 valence electrons. The first kappa shape index (κ1) is 13.3. The lowest BCUT2D eigenvalue weighted by molar-refractivity contribution is 0.243. The van der Waals surface area contributed by atoms with Gasteiger partial charge in [0.25, 0.3) is 5.89 Å². The van der Waals surface area contributed by atoms with E-state index < -0.39 is 0 Å². The molecule has 0 spiro atoms. The van der Waals surface area contributed by atoms with E-state index in [1.54, 1.807) is 6.20 Å². The maximum absolute atomic E-state index is 5.62. The minimum Gasteiger partial charge on any atom is -0.484 e. The van der Waals surface area contributed by atoms with E-state index in [-0.39, 0.29) is 6.61 Å². The van der Waals surface area contributed by atoms with Crippen LogP contribution in [-0.4, -0.2) is 15.1 Å². The lowest BCUT2D eigenvalue weighted by Crippen LogP contribution is -1.96. The van der Waals surface area contributed by atoms with E-state index in [0.717, 1.165) is 12.2 Å². The van der Waals surface area contributed by atoms with Gasteiger partial charge in [-0.2, -0.15) is 4.98 Å². The SMILES string of the molecule is CCc1ccc(OCc2nc(-c3ccccn3)no2)cc1. The highest BCUT2D eigenvalue weighted by Gasteiger charge is 2.09. The first-order chi connectivity index (χ1) is 10.3. The smallest absolute Gasteiger partial charge is 0.264 e. The van der Waals surface area contributed by atoms with Crippen LogP contribution in [0.15, 0.2) is 53.2 Å². The van der Waals surface area contributed by atoms with Crippen LogP contribution in [0.5, 0.6) is 5.75 Å². The normalized spacial score (nSPS) is 10.5. The largest absolute Gasteiger partial charge is 0.484 e. The van der Waals surface area contributed by atoms with Crippen molar-refractivity contribution in [3.8, 4) is 17.3 Å². The molecule has 0 aliphatic rings. The van der Waals surface area contributed by atoms with Crippen molar-refractivity contribution in [2.45, 2.75) is 20.0 Å². The number of hydrogen-bond acceptors (Lipinski definition) is 5. The Morgan fingerprint density at radius 2 is 1.95 bits per heavy atom. The zero-order valence-corrected chi connectivity index (χ0v) is 11.7. The molecule has 0 aliphatic carbocycles. The predicted octanol–water partition coefficient (Wildman–Crippen LogP) is 3.27. The van der Waals surface area contributed by atoms with E-state index in [9.17, 15) is 0 Å². The molecule has 3 rings (SSSR count). The molecular formula is C16H15N3O2. The monoisotopic (exact) mass is 281 g/mol. The Morgan fingerprint density at radius 1 is 1.10 bits per heavy atom. The summed E-state index contributed by atoms with van der Waals surface area (Å²) < 4.78 is 10.8. The molecule has 1 aromatic carbocycles. The highest BCUT2D eigenvalue weighted by atomic mass is 16.5. The number of aryl methyl sites for hydroxylation is 1. The van der Waals surface area contributed by atoms with Gasteiger partial charge in [0.2, 0.25) is 5.82 Å². The quantitative estimate of drug-likeness (QED) is 0.718. The first-order valence-electron chi connectivity index (χ1n) is 6.81. The van der Waals surface area contributed by atoms with Gasteiger partial charge in [-0.25, -0.2) is 0 Å². The standard InChI is InChI=1S/C16H15N3O2/c1-2-12-6-8-13(9-7-12)20-11-15-18-16(19-21-15)14-5-3-4-10-17-14/h3-10H,2,11H2,1H3. The Hall–Kier alpha value is -2.69. The Balaban J connectivity index is 1.64. The summed E-state index contributed by atoms with van der Waals surface area (Å²) in [6.07, 6.45) is 2.70. The number of rotatable bonds is 5. The van der Waals surface area contributed by atoms with Gasteiger partial charge in [-0.1, -0.05) is 30.3 Å². The molecule has 3 aromatic rings. The van der Waals surface area contributed by atoms with E-state index in [2.05, 4.69) is 22.0 Å². The van der Waals surface area contributed by atoms with Crippen LogP contribution in [0, 0.1) is 0 Å². The molecular weight excluding hydrogens is 266 g/mol. The van der Waals surface area contributed by atoms with Crippen LogP contribution in [0.25, 0.3) is 11.5 Å². The third-order valence-corrected chi connectivity index (χ3v) is 3.06. The van der Waals surface area contributed by atoms with Gasteiger partial charge in [0.15, 0.2) is 6.61 Å². The Bertz CT molecular complexity index is 693. The molecule has 0 bridgehead atoms. The zero-order valence-electron chi connectivity index (χ0n) is 11.7. The Morgan fingerprint density at radius 3 is 2.67 bits per heavy atom. The van der Waals surface area contributed by atoms with Gasteiger partial charge in [0.05, 0.1) is 0 Å². The second-order valence-corrected chi connectivity index (χ2v) is 4.51. The number of nitrogens with zero attached hydrogens (tertiary/aromatic N) is 3. The van der Waals surface area contributed by atoms with Crippen LogP contribution in [-0.2, 0) is 13.0 Å². The summed E-state index contributed by atoms with van der Waals surface area (Å²) in [5, 5.41) is 3.90. The molecule has 0 N–H and O–H groups in total. The van der Waals surface area contributed by atoms with E-state index >= 15 is 0 Å². The molecule has 0 radical (unpaired) electrons. The van der Waals surface area contributed by atoms with Crippen molar-refractivity contribution in [2.24, 2.45) is 0 Å². The maximum atomic E-state index is 5.62. The highest BCUT2D eigenvalue weighted by Crippen LogP contribution is 2.16. The van der Waals surface area contributed by atoms with E-state index in [0.29, 0.717) is 17.4 Å². The summed E-state index contributed by atoms with van der Waals surface area (Å²) >= 11 is 0. The fourth-order valence-electron chi connectivity index (χ4n) is 1.88. The topological polar surface area (TPSA) is 61.0 Å². The van der Waals surface area contributed by atoms with Crippen LogP contribution in [0.1, 0.15) is 18.4 Å². The average Bonchev–Trinajstić information content (AvgIpc) is 3.03. The molecule has 5 heteroatoms. The summed E-state index contributed by atoms with van der Waals surface area (Å²) in [5.74, 6) is 1.68. The van der Waals surface area contributed by atoms with Crippen molar-refractivity contribution in [1.82, 2.24) is 15.1 Å². The van der Waals surface area contributed by atoms with Crippen molar-refractivity contribution >= 4 is 0 Å². The number of ether oxygens (including phenoxy) is 1. The van der Waals surface area contributed by atoms with Gasteiger partial charge < -0.3 is 9.26 Å². The Labute approximate surface area is 122 Å². The number of hydrogen-bond donors (Lipinski definition) is 0. The molecule has 0 saturated carbocycles. The summed E-state index contributed by atoms with van der Waals surface area (Å²) in [6.45, 7) is 2.36. The molecule has 5 nitrogen and oxygen atoms in total. The van der Waals surface area contributed by atoms with Gasteiger partial charge >= 0.3 is 0 Å². The number of aromatic nitrogens is 3. The van der Waals surface area contributed by atoms with Crippen molar-refractivity contribution in [3.05, 3.63) is 60.1 Å². The van der Waals surface area contributed by atoms with Gasteiger partial charge in [-0.15, -0.1) is 0 Å². The fourth-order valence-corrected chi connectivity index (χ4v) is 1.88. The lowest BCUT2D eigenvalue weighted by Gasteiger charge is -2.03. The number of pyridine rings is 1. The first-order valence-corrected chi connectivity index (χ1v) is 6.81. The summed E-state index contributed by atoms with van der Waals surface area (Å²) in [5.41, 5.74) is 1.96. The van der Waals surface area contributed by atoms with Gasteiger partial charge in [-0.3, -0.25) is 4.98 Å². The second-order valence-electron chi connectivity index (χ2n) is 4.51. The molecule has 2 aromatic heterocycles. The molecule has 0 saturated heterocycles. The van der Waals surface area contributed by atoms with Crippen molar-refractivity contribution in [2.75, 3.05) is 0 Å². The average molecular weight is 281 g/mol. The highest BCUT2D eigenvalue weighted by molar-refractivity contribution is 5.46. The van der Waals surface area contributed by atoms with Crippen LogP contribution in [0.3, 0.4) is 0 Å². The van der Waals surface area contributed by atoms with Crippen molar-refractivity contribution in [3.63, 3.8) is 0 Å². The molecule has 0 atom stereocenters. The zero-order chi connectivity index (χ0) is 14.5. The van der Waals surface area contributed by atoms with Gasteiger partial charge in [-0.05, 0) is 36.2 Å². The minimum absolute atomic E-state index is 0.241. The summed E-state index contributed by atoms with van der Waals surface area (Å²) in [4.78, 5) is 8.44. The van der Waals surface area contributed by atoms with Crippen LogP contribution in [0.2, 0.25) is 0 Å². The van der Waals surface area contributed by atoms with Crippen molar-refractivity contribution in [1.29, 1.82) is 0 Å². The molecule has 2 heterocycles. The third-order valence-electron chi connectivity index (χ3n) is 3.06. The molecule has 0 unspecified atom stereocenters.